The third-order valence-electron chi connectivity index (χ3n) is 2.20. The second kappa shape index (κ2) is 8.00. The van der Waals surface area contributed by atoms with Crippen molar-refractivity contribution in [2.75, 3.05) is 11.5 Å². The maximum absolute atomic E-state index is 10.0. The van der Waals surface area contributed by atoms with Crippen LogP contribution >= 0.6 is 0 Å². The standard InChI is InChI=1S/C6H8N2.2C4H3NO2/c7-5-1-2-6(8)4-3-5;2*6-3-1-2-4(7)5-3/h1-4H,7-8H2;2*1-2H,(H,5,6,7). The van der Waals surface area contributed by atoms with Gasteiger partial charge >= 0.3 is 0 Å². The average Bonchev–Trinajstić information content (AvgIpc) is 3.02. The van der Waals surface area contributed by atoms with Crippen molar-refractivity contribution in [3.8, 4) is 0 Å². The highest BCUT2D eigenvalue weighted by atomic mass is 16.2. The molecular weight excluding hydrogens is 288 g/mol. The zero-order valence-electron chi connectivity index (χ0n) is 11.4. The molecule has 0 saturated heterocycles. The molecule has 8 heteroatoms. The van der Waals surface area contributed by atoms with E-state index in [4.69, 9.17) is 11.5 Å². The molecule has 4 amide bonds. The van der Waals surface area contributed by atoms with Gasteiger partial charge in [0.1, 0.15) is 0 Å². The number of hydrogen-bond donors (Lipinski definition) is 4. The Labute approximate surface area is 125 Å². The Morgan fingerprint density at radius 3 is 0.909 bits per heavy atom. The topological polar surface area (TPSA) is 144 Å². The van der Waals surface area contributed by atoms with E-state index in [2.05, 4.69) is 0 Å². The monoisotopic (exact) mass is 302 g/mol. The van der Waals surface area contributed by atoms with Crippen molar-refractivity contribution in [2.45, 2.75) is 0 Å². The van der Waals surface area contributed by atoms with E-state index in [1.165, 1.54) is 24.3 Å². The minimum Gasteiger partial charge on any atom is -0.399 e. The van der Waals surface area contributed by atoms with E-state index in [1.807, 2.05) is 10.6 Å². The van der Waals surface area contributed by atoms with Crippen LogP contribution in [0.2, 0.25) is 0 Å². The smallest absolute Gasteiger partial charge is 0.250 e. The Balaban J connectivity index is 0.000000166. The van der Waals surface area contributed by atoms with Gasteiger partial charge in [-0.3, -0.25) is 29.8 Å². The van der Waals surface area contributed by atoms with Crippen molar-refractivity contribution in [2.24, 2.45) is 0 Å². The molecule has 1 aromatic rings. The Hall–Kier alpha value is -3.42. The molecule has 114 valence electrons. The zero-order chi connectivity index (χ0) is 16.5. The van der Waals surface area contributed by atoms with Gasteiger partial charge in [0.05, 0.1) is 0 Å². The highest BCUT2D eigenvalue weighted by molar-refractivity contribution is 6.13. The first-order valence-corrected chi connectivity index (χ1v) is 6.04. The van der Waals surface area contributed by atoms with Gasteiger partial charge in [-0.25, -0.2) is 0 Å². The number of carbonyl (C=O) groups excluding carboxylic acids is 4. The van der Waals surface area contributed by atoms with Gasteiger partial charge in [0.15, 0.2) is 0 Å². The van der Waals surface area contributed by atoms with Crippen LogP contribution in [0.3, 0.4) is 0 Å². The van der Waals surface area contributed by atoms with Crippen LogP contribution in [0.25, 0.3) is 0 Å². The minimum absolute atomic E-state index is 0.329. The van der Waals surface area contributed by atoms with E-state index in [1.54, 1.807) is 24.3 Å². The lowest BCUT2D eigenvalue weighted by Gasteiger charge is -1.90. The van der Waals surface area contributed by atoms with Gasteiger partial charge in [0, 0.05) is 35.7 Å². The molecule has 3 rings (SSSR count). The molecule has 0 atom stereocenters. The van der Waals surface area contributed by atoms with Crippen molar-refractivity contribution >= 4 is 35.0 Å². The van der Waals surface area contributed by atoms with E-state index in [9.17, 15) is 19.2 Å². The largest absolute Gasteiger partial charge is 0.399 e. The van der Waals surface area contributed by atoms with Crippen LogP contribution in [0.1, 0.15) is 0 Å². The predicted molar refractivity (Wildman–Crippen MR) is 79.8 cm³/mol. The summed E-state index contributed by atoms with van der Waals surface area (Å²) in [5.74, 6) is -1.31. The fourth-order valence-corrected chi connectivity index (χ4v) is 1.21. The third kappa shape index (κ3) is 6.66. The summed E-state index contributed by atoms with van der Waals surface area (Å²) >= 11 is 0. The number of nitrogens with one attached hydrogen (secondary N) is 2. The van der Waals surface area contributed by atoms with E-state index in [-0.39, 0.29) is 23.6 Å². The molecule has 8 nitrogen and oxygen atoms in total. The van der Waals surface area contributed by atoms with Crippen LogP contribution in [0.15, 0.2) is 48.6 Å². The lowest BCUT2D eigenvalue weighted by Crippen LogP contribution is -2.19. The zero-order valence-corrected chi connectivity index (χ0v) is 11.4. The van der Waals surface area contributed by atoms with Crippen LogP contribution in [-0.4, -0.2) is 23.6 Å². The molecule has 2 heterocycles. The lowest BCUT2D eigenvalue weighted by molar-refractivity contribution is -0.125. The van der Waals surface area contributed by atoms with Crippen LogP contribution < -0.4 is 22.1 Å². The normalized spacial score (nSPS) is 14.5. The van der Waals surface area contributed by atoms with Crippen LogP contribution in [-0.2, 0) is 19.2 Å². The van der Waals surface area contributed by atoms with Gasteiger partial charge in [-0.2, -0.15) is 0 Å². The summed E-state index contributed by atoms with van der Waals surface area (Å²) in [4.78, 5) is 40.1. The van der Waals surface area contributed by atoms with Gasteiger partial charge in [0.2, 0.25) is 0 Å². The van der Waals surface area contributed by atoms with E-state index >= 15 is 0 Å². The summed E-state index contributed by atoms with van der Waals surface area (Å²) in [7, 11) is 0. The molecule has 0 radical (unpaired) electrons. The number of nitrogen functional groups attached to an aromatic ring is 2. The molecule has 0 aromatic heterocycles. The van der Waals surface area contributed by atoms with Crippen molar-refractivity contribution in [3.05, 3.63) is 48.6 Å². The van der Waals surface area contributed by atoms with Crippen LogP contribution in [0.4, 0.5) is 11.4 Å². The minimum atomic E-state index is -0.329. The number of amides is 4. The predicted octanol–water partition coefficient (Wildman–Crippen LogP) is -0.751. The SMILES string of the molecule is Nc1ccc(N)cc1.O=C1C=CC(=O)N1.O=C1C=CC(=O)N1. The van der Waals surface area contributed by atoms with E-state index in [0.717, 1.165) is 11.4 Å². The number of rotatable bonds is 0. The number of hydrogen-bond acceptors (Lipinski definition) is 6. The Bertz CT molecular complexity index is 558. The van der Waals surface area contributed by atoms with Crippen molar-refractivity contribution < 1.29 is 19.2 Å². The quantitative estimate of drug-likeness (QED) is 0.366. The average molecular weight is 302 g/mol. The number of carbonyl (C=O) groups is 4. The lowest BCUT2D eigenvalue weighted by atomic mass is 10.3. The molecule has 22 heavy (non-hydrogen) atoms. The van der Waals surface area contributed by atoms with Crippen molar-refractivity contribution in [1.29, 1.82) is 0 Å². The van der Waals surface area contributed by atoms with Crippen LogP contribution in [0.5, 0.6) is 0 Å². The summed E-state index contributed by atoms with van der Waals surface area (Å²) in [5.41, 5.74) is 12.2. The Morgan fingerprint density at radius 1 is 0.545 bits per heavy atom. The van der Waals surface area contributed by atoms with Gasteiger partial charge in [-0.15, -0.1) is 0 Å². The summed E-state index contributed by atoms with van der Waals surface area (Å²) in [6.07, 6.45) is 4.79. The molecule has 0 aliphatic carbocycles. The molecule has 0 spiro atoms. The number of imide groups is 2. The van der Waals surface area contributed by atoms with E-state index in [0.29, 0.717) is 0 Å². The van der Waals surface area contributed by atoms with Gasteiger partial charge in [-0.1, -0.05) is 0 Å². The summed E-state index contributed by atoms with van der Waals surface area (Å²) in [6, 6.07) is 7.09. The Kier molecular flexibility index (Phi) is 6.05. The molecule has 0 bridgehead atoms. The van der Waals surface area contributed by atoms with Gasteiger partial charge in [0.25, 0.3) is 23.6 Å². The van der Waals surface area contributed by atoms with Gasteiger partial charge < -0.3 is 11.5 Å². The maximum atomic E-state index is 10.0. The first kappa shape index (κ1) is 16.6. The summed E-state index contributed by atoms with van der Waals surface area (Å²) in [5, 5.41) is 4.06. The first-order chi connectivity index (χ1) is 10.4. The molecule has 0 fully saturated rings. The second-order valence-corrected chi connectivity index (χ2v) is 4.04. The second-order valence-electron chi connectivity index (χ2n) is 4.04. The van der Waals surface area contributed by atoms with E-state index < -0.39 is 0 Å². The number of anilines is 2. The molecule has 1 aromatic carbocycles. The molecular formula is C14H14N4O4. The summed E-state index contributed by atoms with van der Waals surface area (Å²) in [6.45, 7) is 0. The van der Waals surface area contributed by atoms with Crippen LogP contribution in [0, 0.1) is 0 Å². The molecule has 6 N–H and O–H groups in total. The van der Waals surface area contributed by atoms with Crippen molar-refractivity contribution in [1.82, 2.24) is 10.6 Å². The summed E-state index contributed by atoms with van der Waals surface area (Å²) < 4.78 is 0. The maximum Gasteiger partial charge on any atom is 0.250 e. The Morgan fingerprint density at radius 2 is 0.773 bits per heavy atom. The fraction of sp³-hybridized carbons (Fsp3) is 0. The number of nitrogens with two attached hydrogens (primary N) is 2. The molecule has 2 aliphatic heterocycles. The highest BCUT2D eigenvalue weighted by Crippen LogP contribution is 2.04. The van der Waals surface area contributed by atoms with Gasteiger partial charge in [-0.05, 0) is 24.3 Å². The molecule has 0 unspecified atom stereocenters. The molecule has 0 saturated carbocycles. The number of benzene rings is 1. The third-order valence-corrected chi connectivity index (χ3v) is 2.20. The highest BCUT2D eigenvalue weighted by Gasteiger charge is 2.07. The fourth-order valence-electron chi connectivity index (χ4n) is 1.21. The molecule has 2 aliphatic rings. The van der Waals surface area contributed by atoms with Crippen molar-refractivity contribution in [3.63, 3.8) is 0 Å². The first-order valence-electron chi connectivity index (χ1n) is 6.04.